The maximum atomic E-state index is 14.0. The van der Waals surface area contributed by atoms with Gasteiger partial charge in [0.15, 0.2) is 0 Å². The summed E-state index contributed by atoms with van der Waals surface area (Å²) in [6.07, 6.45) is 2.64. The maximum absolute atomic E-state index is 14.0. The van der Waals surface area contributed by atoms with Crippen molar-refractivity contribution in [1.29, 1.82) is 0 Å². The Balaban J connectivity index is 1.24. The van der Waals surface area contributed by atoms with Crippen LogP contribution in [0.3, 0.4) is 0 Å². The molecule has 4 heterocycles. The minimum Gasteiger partial charge on any atom is -0.342 e. The van der Waals surface area contributed by atoms with Gasteiger partial charge in [-0.1, -0.05) is 48.2 Å². The standard InChI is InChI=1S/C24H22FN3O3S2/c25-18-5-2-1-4-16(18)11-20-23(31)27(24(32)33-20)9-8-21(29)26-12-15-10-17(14-26)19-6-3-7-22(30)28(19)13-15/h1-7,11,15,17H,8-10,12-14H2/b20-11+/t15-,17+/m0/s1. The van der Waals surface area contributed by atoms with E-state index in [2.05, 4.69) is 0 Å². The summed E-state index contributed by atoms with van der Waals surface area (Å²) in [6.45, 7) is 2.01. The summed E-state index contributed by atoms with van der Waals surface area (Å²) in [5.41, 5.74) is 1.33. The van der Waals surface area contributed by atoms with Gasteiger partial charge in [-0.3, -0.25) is 19.3 Å². The highest BCUT2D eigenvalue weighted by Gasteiger charge is 2.37. The molecule has 1 aromatic carbocycles. The van der Waals surface area contributed by atoms with Gasteiger partial charge in [-0.05, 0) is 30.5 Å². The maximum Gasteiger partial charge on any atom is 0.266 e. The first-order chi connectivity index (χ1) is 15.9. The van der Waals surface area contributed by atoms with Gasteiger partial charge in [0, 0.05) is 55.8 Å². The van der Waals surface area contributed by atoms with E-state index in [0.29, 0.717) is 34.4 Å². The van der Waals surface area contributed by atoms with E-state index in [1.54, 1.807) is 30.3 Å². The Morgan fingerprint density at radius 2 is 1.94 bits per heavy atom. The fraction of sp³-hybridized carbons (Fsp3) is 0.333. The Kier molecular flexibility index (Phi) is 5.92. The van der Waals surface area contributed by atoms with Crippen molar-refractivity contribution in [3.8, 4) is 0 Å². The van der Waals surface area contributed by atoms with E-state index in [1.807, 2.05) is 15.5 Å². The lowest BCUT2D eigenvalue weighted by Crippen LogP contribution is -2.49. The largest absolute Gasteiger partial charge is 0.342 e. The van der Waals surface area contributed by atoms with Gasteiger partial charge in [-0.15, -0.1) is 0 Å². The minimum absolute atomic E-state index is 0.0137. The smallest absolute Gasteiger partial charge is 0.266 e. The number of amides is 2. The average molecular weight is 484 g/mol. The lowest BCUT2D eigenvalue weighted by atomic mass is 9.83. The van der Waals surface area contributed by atoms with Gasteiger partial charge in [0.1, 0.15) is 10.1 Å². The van der Waals surface area contributed by atoms with Gasteiger partial charge < -0.3 is 9.47 Å². The van der Waals surface area contributed by atoms with Crippen LogP contribution in [-0.2, 0) is 16.1 Å². The number of carbonyl (C=O) groups excluding carboxylic acids is 2. The Bertz CT molecular complexity index is 1240. The highest BCUT2D eigenvalue weighted by Crippen LogP contribution is 2.36. The van der Waals surface area contributed by atoms with Crippen LogP contribution in [0.1, 0.15) is 30.0 Å². The van der Waals surface area contributed by atoms with E-state index in [9.17, 15) is 18.8 Å². The second-order valence-electron chi connectivity index (χ2n) is 8.60. The minimum atomic E-state index is -0.405. The fourth-order valence-corrected chi connectivity index (χ4v) is 6.19. The molecule has 5 rings (SSSR count). The molecule has 3 aliphatic heterocycles. The molecule has 0 saturated carbocycles. The molecule has 2 amide bonds. The summed E-state index contributed by atoms with van der Waals surface area (Å²) in [5.74, 6) is -0.331. The van der Waals surface area contributed by atoms with Crippen molar-refractivity contribution >= 4 is 46.2 Å². The summed E-state index contributed by atoms with van der Waals surface area (Å²) in [7, 11) is 0. The third-order valence-electron chi connectivity index (χ3n) is 6.45. The normalized spacial score (nSPS) is 23.2. The van der Waals surface area contributed by atoms with Crippen LogP contribution >= 0.6 is 24.0 Å². The SMILES string of the molecule is O=C(CCN1C(=O)/C(=C\c2ccccc2F)SC1=S)N1C[C@@H]2C[C@H](C1)c1cccc(=O)n1C2. The van der Waals surface area contributed by atoms with E-state index in [4.69, 9.17) is 12.2 Å². The monoisotopic (exact) mass is 483 g/mol. The number of hydrogen-bond donors (Lipinski definition) is 0. The summed E-state index contributed by atoms with van der Waals surface area (Å²) < 4.78 is 16.2. The number of rotatable bonds is 4. The van der Waals surface area contributed by atoms with Crippen molar-refractivity contribution in [2.24, 2.45) is 5.92 Å². The zero-order valence-corrected chi connectivity index (χ0v) is 19.4. The van der Waals surface area contributed by atoms with Crippen LogP contribution in [0, 0.1) is 11.7 Å². The topological polar surface area (TPSA) is 62.6 Å². The van der Waals surface area contributed by atoms with E-state index in [1.165, 1.54) is 17.0 Å². The first kappa shape index (κ1) is 22.0. The number of nitrogens with zero attached hydrogens (tertiary/aromatic N) is 3. The first-order valence-electron chi connectivity index (χ1n) is 10.9. The highest BCUT2D eigenvalue weighted by molar-refractivity contribution is 8.26. The van der Waals surface area contributed by atoms with Crippen LogP contribution in [0.5, 0.6) is 0 Å². The molecule has 2 aromatic rings. The van der Waals surface area contributed by atoms with Crippen molar-refractivity contribution in [2.45, 2.75) is 25.3 Å². The molecule has 0 N–H and O–H groups in total. The number of piperidine rings is 1. The number of fused-ring (bicyclic) bond motifs is 4. The van der Waals surface area contributed by atoms with Crippen LogP contribution in [-0.4, -0.2) is 50.1 Å². The third kappa shape index (κ3) is 4.27. The van der Waals surface area contributed by atoms with Crippen molar-refractivity contribution in [3.63, 3.8) is 0 Å². The number of pyridine rings is 1. The fourth-order valence-electron chi connectivity index (χ4n) is 4.89. The zero-order valence-electron chi connectivity index (χ0n) is 17.8. The number of hydrogen-bond acceptors (Lipinski definition) is 5. The molecule has 0 radical (unpaired) electrons. The summed E-state index contributed by atoms with van der Waals surface area (Å²) in [6, 6.07) is 11.6. The molecule has 170 valence electrons. The van der Waals surface area contributed by atoms with Crippen molar-refractivity contribution in [3.05, 3.63) is 74.8 Å². The van der Waals surface area contributed by atoms with Gasteiger partial charge in [0.2, 0.25) is 5.91 Å². The molecular formula is C24H22FN3O3S2. The van der Waals surface area contributed by atoms with Gasteiger partial charge >= 0.3 is 0 Å². The van der Waals surface area contributed by atoms with Gasteiger partial charge in [0.25, 0.3) is 11.5 Å². The molecule has 9 heteroatoms. The second kappa shape index (κ2) is 8.87. The molecular weight excluding hydrogens is 461 g/mol. The van der Waals surface area contributed by atoms with Crippen molar-refractivity contribution in [2.75, 3.05) is 19.6 Å². The number of aromatic nitrogens is 1. The zero-order chi connectivity index (χ0) is 23.1. The Hall–Kier alpha value is -2.78. The van der Waals surface area contributed by atoms with Crippen molar-refractivity contribution in [1.82, 2.24) is 14.4 Å². The quantitative estimate of drug-likeness (QED) is 0.494. The van der Waals surface area contributed by atoms with Gasteiger partial charge in [-0.2, -0.15) is 0 Å². The molecule has 33 heavy (non-hydrogen) atoms. The summed E-state index contributed by atoms with van der Waals surface area (Å²) in [5, 5.41) is 0. The van der Waals surface area contributed by atoms with E-state index < -0.39 is 5.82 Å². The van der Waals surface area contributed by atoms with Crippen LogP contribution < -0.4 is 5.56 Å². The lowest BCUT2D eigenvalue weighted by Gasteiger charge is -2.42. The highest BCUT2D eigenvalue weighted by atomic mass is 32.2. The van der Waals surface area contributed by atoms with Gasteiger partial charge in [-0.25, -0.2) is 4.39 Å². The number of halogens is 1. The number of thiocarbonyl (C=S) groups is 1. The van der Waals surface area contributed by atoms with Crippen LogP contribution in [0.2, 0.25) is 0 Å². The van der Waals surface area contributed by atoms with Crippen LogP contribution in [0.4, 0.5) is 4.39 Å². The third-order valence-corrected chi connectivity index (χ3v) is 7.82. The molecule has 2 saturated heterocycles. The number of thioether (sulfide) groups is 1. The summed E-state index contributed by atoms with van der Waals surface area (Å²) in [4.78, 5) is 41.6. The average Bonchev–Trinajstić information content (AvgIpc) is 3.06. The molecule has 2 fully saturated rings. The predicted octanol–water partition coefficient (Wildman–Crippen LogP) is 3.22. The first-order valence-corrected chi connectivity index (χ1v) is 12.1. The summed E-state index contributed by atoms with van der Waals surface area (Å²) >= 11 is 6.47. The second-order valence-corrected chi connectivity index (χ2v) is 10.3. The Morgan fingerprint density at radius 1 is 1.12 bits per heavy atom. The molecule has 6 nitrogen and oxygen atoms in total. The Morgan fingerprint density at radius 3 is 2.76 bits per heavy atom. The van der Waals surface area contributed by atoms with Crippen LogP contribution in [0.25, 0.3) is 6.08 Å². The van der Waals surface area contributed by atoms with Crippen molar-refractivity contribution < 1.29 is 14.0 Å². The molecule has 0 unspecified atom stereocenters. The molecule has 0 spiro atoms. The number of likely N-dealkylation sites (tertiary alicyclic amines) is 1. The predicted molar refractivity (Wildman–Crippen MR) is 129 cm³/mol. The molecule has 2 bridgehead atoms. The Labute approximate surface area is 200 Å². The van der Waals surface area contributed by atoms with E-state index in [-0.39, 0.29) is 42.2 Å². The molecule has 0 aliphatic carbocycles. The molecule has 1 aromatic heterocycles. The molecule has 2 atom stereocenters. The van der Waals surface area contributed by atoms with E-state index >= 15 is 0 Å². The van der Waals surface area contributed by atoms with Gasteiger partial charge in [0.05, 0.1) is 4.91 Å². The number of carbonyl (C=O) groups is 2. The van der Waals surface area contributed by atoms with E-state index in [0.717, 1.165) is 23.9 Å². The lowest BCUT2D eigenvalue weighted by molar-refractivity contribution is -0.134. The number of benzene rings is 1. The molecule has 3 aliphatic rings. The van der Waals surface area contributed by atoms with Crippen LogP contribution in [0.15, 0.2) is 52.2 Å².